The Labute approximate surface area is 80.9 Å². The molecule has 2 atom stereocenters. The number of β-amino-alcohol motifs (C(OH)–C–C–N with tert-alkyl or cyclic N) is 1. The Morgan fingerprint density at radius 1 is 1.54 bits per heavy atom. The Morgan fingerprint density at radius 3 is 2.38 bits per heavy atom. The van der Waals surface area contributed by atoms with E-state index in [4.69, 9.17) is 6.42 Å². The maximum absolute atomic E-state index is 9.84. The van der Waals surface area contributed by atoms with Gasteiger partial charge in [0.15, 0.2) is 0 Å². The molecule has 1 aliphatic heterocycles. The van der Waals surface area contributed by atoms with Gasteiger partial charge >= 0.3 is 0 Å². The van der Waals surface area contributed by atoms with Crippen molar-refractivity contribution in [3.8, 4) is 12.5 Å². The van der Waals surface area contributed by atoms with Crippen LogP contribution in [0, 0.1) is 23.8 Å². The molecule has 1 aliphatic rings. The summed E-state index contributed by atoms with van der Waals surface area (Å²) in [7, 11) is 0. The molecule has 0 aromatic heterocycles. The van der Waals surface area contributed by atoms with Crippen molar-refractivity contribution >= 4 is 0 Å². The quantitative estimate of drug-likeness (QED) is 0.616. The fourth-order valence-corrected chi connectivity index (χ4v) is 2.49. The highest BCUT2D eigenvalue weighted by Crippen LogP contribution is 2.39. The van der Waals surface area contributed by atoms with E-state index in [9.17, 15) is 5.11 Å². The van der Waals surface area contributed by atoms with Gasteiger partial charge in [0.2, 0.25) is 0 Å². The summed E-state index contributed by atoms with van der Waals surface area (Å²) in [5, 5.41) is 9.84. The number of aliphatic hydroxyl groups is 1. The van der Waals surface area contributed by atoms with Gasteiger partial charge in [0, 0.05) is 17.5 Å². The Morgan fingerprint density at radius 2 is 2.08 bits per heavy atom. The molecular weight excluding hydrogens is 162 g/mol. The van der Waals surface area contributed by atoms with E-state index < -0.39 is 0 Å². The molecule has 0 radical (unpaired) electrons. The molecule has 1 N–H and O–H groups in total. The highest BCUT2D eigenvalue weighted by atomic mass is 16.3. The summed E-state index contributed by atoms with van der Waals surface area (Å²) in [6.45, 7) is 9.06. The maximum atomic E-state index is 9.84. The SMILES string of the molecule is C#CN1CC(O)C(C)(C)C1C(C)C. The standard InChI is InChI=1S/C11H19NO/c1-6-12-7-9(13)11(4,5)10(12)8(2)3/h1,8-10,13H,7H2,2-5H3. The van der Waals surface area contributed by atoms with Crippen molar-refractivity contribution in [2.45, 2.75) is 39.8 Å². The zero-order valence-electron chi connectivity index (χ0n) is 8.91. The monoisotopic (exact) mass is 181 g/mol. The number of rotatable bonds is 1. The van der Waals surface area contributed by atoms with Crippen LogP contribution < -0.4 is 0 Å². The van der Waals surface area contributed by atoms with Crippen LogP contribution in [-0.4, -0.2) is 28.7 Å². The molecule has 1 rings (SSSR count). The van der Waals surface area contributed by atoms with Crippen LogP contribution in [0.1, 0.15) is 27.7 Å². The summed E-state index contributed by atoms with van der Waals surface area (Å²) in [6, 6.07) is 2.94. The second-order valence-corrected chi connectivity index (χ2v) is 4.81. The van der Waals surface area contributed by atoms with Crippen molar-refractivity contribution in [2.75, 3.05) is 6.54 Å². The van der Waals surface area contributed by atoms with Gasteiger partial charge in [-0.25, -0.2) is 0 Å². The van der Waals surface area contributed by atoms with E-state index in [0.717, 1.165) is 0 Å². The van der Waals surface area contributed by atoms with Gasteiger partial charge in [-0.2, -0.15) is 0 Å². The highest BCUT2D eigenvalue weighted by Gasteiger charge is 2.47. The van der Waals surface area contributed by atoms with Gasteiger partial charge in [-0.1, -0.05) is 34.1 Å². The van der Waals surface area contributed by atoms with E-state index in [2.05, 4.69) is 33.7 Å². The fraction of sp³-hybridized carbons (Fsp3) is 0.818. The van der Waals surface area contributed by atoms with Crippen molar-refractivity contribution in [3.63, 3.8) is 0 Å². The van der Waals surface area contributed by atoms with Gasteiger partial charge in [-0.3, -0.25) is 0 Å². The topological polar surface area (TPSA) is 23.5 Å². The van der Waals surface area contributed by atoms with Crippen LogP contribution in [0.15, 0.2) is 0 Å². The normalized spacial score (nSPS) is 32.2. The molecule has 1 heterocycles. The summed E-state index contributed by atoms with van der Waals surface area (Å²) >= 11 is 0. The second-order valence-electron chi connectivity index (χ2n) is 4.81. The van der Waals surface area contributed by atoms with Crippen LogP contribution in [0.5, 0.6) is 0 Å². The smallest absolute Gasteiger partial charge is 0.0793 e. The van der Waals surface area contributed by atoms with Crippen LogP contribution in [0.2, 0.25) is 0 Å². The van der Waals surface area contributed by atoms with E-state index in [-0.39, 0.29) is 17.6 Å². The largest absolute Gasteiger partial charge is 0.391 e. The summed E-state index contributed by atoms with van der Waals surface area (Å²) in [4.78, 5) is 1.93. The highest BCUT2D eigenvalue weighted by molar-refractivity contribution is 5.07. The van der Waals surface area contributed by atoms with Crippen molar-refractivity contribution in [2.24, 2.45) is 11.3 Å². The first-order valence-electron chi connectivity index (χ1n) is 4.82. The van der Waals surface area contributed by atoms with E-state index in [1.165, 1.54) is 0 Å². The van der Waals surface area contributed by atoms with Crippen molar-refractivity contribution in [1.29, 1.82) is 0 Å². The lowest BCUT2D eigenvalue weighted by atomic mass is 9.77. The van der Waals surface area contributed by atoms with E-state index in [1.807, 2.05) is 4.90 Å². The van der Waals surface area contributed by atoms with Gasteiger partial charge in [0.25, 0.3) is 0 Å². The van der Waals surface area contributed by atoms with Gasteiger partial charge in [0.05, 0.1) is 12.6 Å². The molecule has 13 heavy (non-hydrogen) atoms. The number of hydrogen-bond donors (Lipinski definition) is 1. The van der Waals surface area contributed by atoms with Crippen LogP contribution >= 0.6 is 0 Å². The van der Waals surface area contributed by atoms with Crippen LogP contribution in [0.4, 0.5) is 0 Å². The Kier molecular flexibility index (Phi) is 2.58. The molecule has 74 valence electrons. The van der Waals surface area contributed by atoms with Gasteiger partial charge in [0.1, 0.15) is 0 Å². The molecule has 0 bridgehead atoms. The van der Waals surface area contributed by atoms with Crippen molar-refractivity contribution in [3.05, 3.63) is 0 Å². The lowest BCUT2D eigenvalue weighted by Gasteiger charge is -2.34. The zero-order chi connectivity index (χ0) is 10.2. The molecule has 0 spiro atoms. The fourth-order valence-electron chi connectivity index (χ4n) is 2.49. The van der Waals surface area contributed by atoms with Gasteiger partial charge in [-0.05, 0) is 5.92 Å². The number of terminal acetylenes is 1. The second kappa shape index (κ2) is 3.23. The Balaban J connectivity index is 2.93. The minimum absolute atomic E-state index is 0.0967. The number of likely N-dealkylation sites (tertiary alicyclic amines) is 1. The molecule has 2 unspecified atom stereocenters. The van der Waals surface area contributed by atoms with Gasteiger partial charge < -0.3 is 10.0 Å². The minimum atomic E-state index is -0.309. The third-order valence-electron chi connectivity index (χ3n) is 3.12. The third-order valence-corrected chi connectivity index (χ3v) is 3.12. The molecule has 1 fully saturated rings. The molecular formula is C11H19NO. The van der Waals surface area contributed by atoms with E-state index in [0.29, 0.717) is 12.5 Å². The van der Waals surface area contributed by atoms with Crippen molar-refractivity contribution < 1.29 is 5.11 Å². The summed E-state index contributed by atoms with van der Waals surface area (Å²) < 4.78 is 0. The lowest BCUT2D eigenvalue weighted by molar-refractivity contribution is 0.0664. The first-order valence-corrected chi connectivity index (χ1v) is 4.82. The average Bonchev–Trinajstić information content (AvgIpc) is 2.22. The van der Waals surface area contributed by atoms with E-state index in [1.54, 1.807) is 0 Å². The predicted molar refractivity (Wildman–Crippen MR) is 54.0 cm³/mol. The number of hydrogen-bond acceptors (Lipinski definition) is 2. The number of nitrogens with zero attached hydrogens (tertiary/aromatic N) is 1. The lowest BCUT2D eigenvalue weighted by Crippen LogP contribution is -2.40. The van der Waals surface area contributed by atoms with Crippen LogP contribution in [0.25, 0.3) is 0 Å². The van der Waals surface area contributed by atoms with Crippen LogP contribution in [0.3, 0.4) is 0 Å². The first kappa shape index (κ1) is 10.4. The molecule has 0 amide bonds. The molecule has 2 nitrogen and oxygen atoms in total. The van der Waals surface area contributed by atoms with Crippen molar-refractivity contribution in [1.82, 2.24) is 4.90 Å². The number of aliphatic hydroxyl groups excluding tert-OH is 1. The molecule has 2 heteroatoms. The maximum Gasteiger partial charge on any atom is 0.0793 e. The van der Waals surface area contributed by atoms with Crippen LogP contribution in [-0.2, 0) is 0 Å². The minimum Gasteiger partial charge on any atom is -0.391 e. The Hall–Kier alpha value is -0.680. The Bertz CT molecular complexity index is 227. The zero-order valence-corrected chi connectivity index (χ0v) is 8.91. The predicted octanol–water partition coefficient (Wildman–Crippen LogP) is 1.30. The molecule has 0 aliphatic carbocycles. The first-order chi connectivity index (χ1) is 5.91. The average molecular weight is 181 g/mol. The van der Waals surface area contributed by atoms with Gasteiger partial charge in [-0.15, -0.1) is 0 Å². The summed E-state index contributed by atoms with van der Waals surface area (Å²) in [6.07, 6.45) is 5.10. The summed E-state index contributed by atoms with van der Waals surface area (Å²) in [5.41, 5.74) is -0.0967. The van der Waals surface area contributed by atoms with E-state index >= 15 is 0 Å². The summed E-state index contributed by atoms with van der Waals surface area (Å²) in [5.74, 6) is 0.475. The molecule has 0 aromatic rings. The molecule has 0 aromatic carbocycles. The molecule has 0 saturated carbocycles. The third kappa shape index (κ3) is 1.53. The molecule has 1 saturated heterocycles.